The van der Waals surface area contributed by atoms with Gasteiger partial charge in [0.25, 0.3) is 0 Å². The van der Waals surface area contributed by atoms with Crippen LogP contribution in [-0.4, -0.2) is 189 Å². The fourth-order valence-corrected chi connectivity index (χ4v) is 7.79. The Labute approximate surface area is 489 Å². The molecule has 0 aliphatic carbocycles. The minimum absolute atomic E-state index is 0.0446. The number of hydrogen-bond donors (Lipinski definition) is 19. The summed E-state index contributed by atoms with van der Waals surface area (Å²) in [6.07, 6.45) is -5.45. The minimum atomic E-state index is -1.84. The summed E-state index contributed by atoms with van der Waals surface area (Å²) in [5.41, 5.74) is 32.8. The van der Waals surface area contributed by atoms with Crippen molar-refractivity contribution in [1.82, 2.24) is 47.9 Å². The number of amides is 11. The number of nitrogens with zero attached hydrogens (tertiary/aromatic N) is 1. The Bertz CT molecular complexity index is 2390. The summed E-state index contributed by atoms with van der Waals surface area (Å²) in [6.45, 7) is 7.60. The molecule has 85 heavy (non-hydrogen) atoms. The third-order valence-electron chi connectivity index (χ3n) is 12.4. The second-order valence-electron chi connectivity index (χ2n) is 20.7. The van der Waals surface area contributed by atoms with E-state index >= 15 is 0 Å². The van der Waals surface area contributed by atoms with Crippen molar-refractivity contribution in [3.8, 4) is 0 Å². The van der Waals surface area contributed by atoms with Crippen molar-refractivity contribution in [2.75, 3.05) is 13.1 Å². The summed E-state index contributed by atoms with van der Waals surface area (Å²) >= 11 is 0. The number of aliphatic carboxylic acids is 4. The number of nitrogens with one attached hydrogen (secondary N) is 9. The van der Waals surface area contributed by atoms with Crippen molar-refractivity contribution in [2.45, 2.75) is 191 Å². The van der Waals surface area contributed by atoms with Gasteiger partial charge in [0, 0.05) is 32.2 Å². The van der Waals surface area contributed by atoms with E-state index in [0.29, 0.717) is 6.42 Å². The van der Waals surface area contributed by atoms with Crippen LogP contribution in [-0.2, 0) is 71.9 Å². The number of nitrogens with two attached hydrogens (primary N) is 6. The summed E-state index contributed by atoms with van der Waals surface area (Å²) in [6, 6.07) is -15.9. The van der Waals surface area contributed by atoms with Gasteiger partial charge in [0.05, 0.1) is 12.5 Å². The molecule has 0 aliphatic rings. The highest BCUT2D eigenvalue weighted by Gasteiger charge is 2.36. The predicted octanol–water partition coefficient (Wildman–Crippen LogP) is -6.60. The topological polar surface area (TPSA) is 614 Å². The molecule has 0 spiro atoms. The number of carboxylic acid groups (broad SMARTS) is 4. The number of aliphatic imine (C=N–C) groups is 1. The molecule has 0 fully saturated rings. The van der Waals surface area contributed by atoms with Crippen LogP contribution in [0.4, 0.5) is 0 Å². The molecule has 25 N–H and O–H groups in total. The molecule has 0 saturated carbocycles. The number of carbonyl (C=O) groups is 15. The highest BCUT2D eigenvalue weighted by molar-refractivity contribution is 5.99. The predicted molar refractivity (Wildman–Crippen MR) is 299 cm³/mol. The van der Waals surface area contributed by atoms with Crippen LogP contribution in [0.25, 0.3) is 0 Å². The molecule has 0 radical (unpaired) electrons. The zero-order chi connectivity index (χ0) is 65.3. The fourth-order valence-electron chi connectivity index (χ4n) is 7.79. The van der Waals surface area contributed by atoms with Gasteiger partial charge in [-0.1, -0.05) is 27.7 Å². The van der Waals surface area contributed by atoms with E-state index in [1.165, 1.54) is 20.8 Å². The van der Waals surface area contributed by atoms with E-state index in [1.807, 2.05) is 0 Å². The Kier molecular flexibility index (Phi) is 35.6. The maximum absolute atomic E-state index is 14.2. The van der Waals surface area contributed by atoms with Crippen molar-refractivity contribution in [3.05, 3.63) is 0 Å². The Hall–Kier alpha value is -8.76. The molecule has 11 amide bonds. The van der Waals surface area contributed by atoms with Crippen molar-refractivity contribution in [2.24, 2.45) is 51.2 Å². The van der Waals surface area contributed by atoms with Crippen LogP contribution in [0, 0.1) is 11.8 Å². The Morgan fingerprint density at radius 1 is 0.412 bits per heavy atom. The number of unbranched alkanes of at least 4 members (excludes halogenated alkanes) is 1. The van der Waals surface area contributed by atoms with Gasteiger partial charge in [-0.15, -0.1) is 0 Å². The average Bonchev–Trinajstić information content (AvgIpc) is 3.42. The van der Waals surface area contributed by atoms with Gasteiger partial charge >= 0.3 is 23.9 Å². The number of rotatable bonds is 44. The molecular formula is C50H86N16O19. The molecule has 0 aromatic carbocycles. The van der Waals surface area contributed by atoms with Crippen molar-refractivity contribution < 1.29 is 92.3 Å². The zero-order valence-corrected chi connectivity index (χ0v) is 48.3. The quantitative estimate of drug-likeness (QED) is 0.0153. The maximum Gasteiger partial charge on any atom is 0.326 e. The van der Waals surface area contributed by atoms with Gasteiger partial charge in [-0.05, 0) is 89.5 Å². The highest BCUT2D eigenvalue weighted by atomic mass is 16.4. The summed E-state index contributed by atoms with van der Waals surface area (Å²) < 4.78 is 0. The SMILES string of the molecule is CC(C)C[C@H](NC(=O)[C@H](CCC(N)=O)NC(=O)[C@H](CCC(=O)O)NC(=O)[C@H](CCCN=C(N)N)NC(=O)[C@H](CCC(N)=O)NC(=O)[C@@H](N)CC(=O)O)C(=O)N[C@@H](CCCCN)C(=O)N[C@@H](C)C(=O)N[C@@H](CCC(=O)O)C(=O)N[C@H](C(=O)O)C(C)C. The lowest BCUT2D eigenvalue weighted by atomic mass is 10.0. The van der Waals surface area contributed by atoms with Crippen LogP contribution in [0.15, 0.2) is 4.99 Å². The van der Waals surface area contributed by atoms with Crippen LogP contribution in [0.5, 0.6) is 0 Å². The van der Waals surface area contributed by atoms with Gasteiger partial charge in [0.15, 0.2) is 5.96 Å². The molecular weight excluding hydrogens is 1130 g/mol. The normalized spacial score (nSPS) is 14.5. The molecule has 10 atom stereocenters. The summed E-state index contributed by atoms with van der Waals surface area (Å²) in [5, 5.41) is 58.8. The number of hydrogen-bond acceptors (Lipinski definition) is 18. The average molecular weight is 1220 g/mol. The zero-order valence-electron chi connectivity index (χ0n) is 48.3. The second-order valence-corrected chi connectivity index (χ2v) is 20.7. The number of guanidine groups is 1. The Balaban J connectivity index is 6.99. The first-order chi connectivity index (χ1) is 39.6. The van der Waals surface area contributed by atoms with Crippen molar-refractivity contribution >= 4 is 94.8 Å². The molecule has 0 aromatic rings. The second kappa shape index (κ2) is 39.7. The third kappa shape index (κ3) is 32.6. The third-order valence-corrected chi connectivity index (χ3v) is 12.4. The minimum Gasteiger partial charge on any atom is -0.481 e. The van der Waals surface area contributed by atoms with E-state index < -0.39 is 213 Å². The van der Waals surface area contributed by atoms with Gasteiger partial charge in [0.2, 0.25) is 65.0 Å². The maximum atomic E-state index is 14.2. The summed E-state index contributed by atoms with van der Waals surface area (Å²) in [5.74, 6) is -18.5. The van der Waals surface area contributed by atoms with E-state index in [-0.39, 0.29) is 57.1 Å². The summed E-state index contributed by atoms with van der Waals surface area (Å²) in [7, 11) is 0. The largest absolute Gasteiger partial charge is 0.481 e. The van der Waals surface area contributed by atoms with Crippen molar-refractivity contribution in [3.63, 3.8) is 0 Å². The first-order valence-electron chi connectivity index (χ1n) is 27.3. The molecule has 35 nitrogen and oxygen atoms in total. The van der Waals surface area contributed by atoms with Crippen LogP contribution < -0.4 is 82.3 Å². The van der Waals surface area contributed by atoms with Gasteiger partial charge < -0.3 is 103 Å². The van der Waals surface area contributed by atoms with Gasteiger partial charge in [0.1, 0.15) is 54.4 Å². The Morgan fingerprint density at radius 2 is 0.765 bits per heavy atom. The molecule has 0 aliphatic heterocycles. The van der Waals surface area contributed by atoms with Gasteiger partial charge in [-0.3, -0.25) is 72.1 Å². The van der Waals surface area contributed by atoms with Crippen LogP contribution in [0.2, 0.25) is 0 Å². The van der Waals surface area contributed by atoms with E-state index in [2.05, 4.69) is 52.8 Å². The fraction of sp³-hybridized carbons (Fsp3) is 0.680. The van der Waals surface area contributed by atoms with E-state index in [9.17, 15) is 87.2 Å². The first kappa shape index (κ1) is 76.2. The molecule has 0 saturated heterocycles. The lowest BCUT2D eigenvalue weighted by molar-refractivity contribution is -0.144. The molecule has 0 unspecified atom stereocenters. The smallest absolute Gasteiger partial charge is 0.326 e. The first-order valence-corrected chi connectivity index (χ1v) is 27.3. The number of primary amides is 2. The lowest BCUT2D eigenvalue weighted by Crippen LogP contribution is -2.60. The Morgan fingerprint density at radius 3 is 1.13 bits per heavy atom. The number of carbonyl (C=O) groups excluding carboxylic acids is 11. The molecule has 480 valence electrons. The van der Waals surface area contributed by atoms with Gasteiger partial charge in [-0.2, -0.15) is 0 Å². The molecule has 0 bridgehead atoms. The van der Waals surface area contributed by atoms with Crippen molar-refractivity contribution in [1.29, 1.82) is 0 Å². The monoisotopic (exact) mass is 1210 g/mol. The lowest BCUT2D eigenvalue weighted by Gasteiger charge is -2.28. The number of carboxylic acids is 4. The molecule has 0 rings (SSSR count). The summed E-state index contributed by atoms with van der Waals surface area (Å²) in [4.78, 5) is 197. The van der Waals surface area contributed by atoms with E-state index in [0.717, 1.165) is 0 Å². The highest BCUT2D eigenvalue weighted by Crippen LogP contribution is 2.12. The standard InChI is InChI=1S/C50H86N16O19/c1-23(2)21-33(48(83)62-27(9-6-7-19-51)42(77)58-25(5)40(75)59-32(14-18-37(71)72)47(82)66-39(24(3)4)49(84)85)65-46(81)30(12-16-35(54)68)63-45(80)31(13-17-36(69)70)64-43(78)28(10-8-20-57-50(55)56)61-44(79)29(11-15-34(53)67)60-41(76)26(52)22-38(73)74/h23-33,39H,6-22,51-52H2,1-5H3,(H2,53,67)(H2,54,68)(H,58,77)(H,59,75)(H,60,76)(H,61,79)(H,62,83)(H,63,80)(H,64,78)(H,65,81)(H,66,82)(H,69,70)(H,71,72)(H,73,74)(H,84,85)(H4,55,56,57)/t25-,26-,27-,28-,29-,30-,31-,32-,33-,39-/m0/s1. The van der Waals surface area contributed by atoms with Gasteiger partial charge in [-0.25, -0.2) is 4.79 Å². The molecule has 0 heterocycles. The van der Waals surface area contributed by atoms with Crippen LogP contribution in [0.3, 0.4) is 0 Å². The van der Waals surface area contributed by atoms with E-state index in [1.54, 1.807) is 13.8 Å². The van der Waals surface area contributed by atoms with Crippen LogP contribution in [0.1, 0.15) is 131 Å². The van der Waals surface area contributed by atoms with E-state index in [4.69, 9.17) is 39.5 Å². The molecule has 35 heteroatoms. The molecule has 0 aromatic heterocycles. The van der Waals surface area contributed by atoms with Crippen LogP contribution >= 0.6 is 0 Å².